The summed E-state index contributed by atoms with van der Waals surface area (Å²) >= 11 is 0. The van der Waals surface area contributed by atoms with Gasteiger partial charge in [0.25, 0.3) is 10.0 Å². The van der Waals surface area contributed by atoms with E-state index >= 15 is 0 Å². The van der Waals surface area contributed by atoms with E-state index in [1.807, 2.05) is 86.6 Å². The van der Waals surface area contributed by atoms with Gasteiger partial charge in [-0.1, -0.05) is 134 Å². The summed E-state index contributed by atoms with van der Waals surface area (Å²) in [7, 11) is -7.46. The van der Waals surface area contributed by atoms with Crippen molar-refractivity contribution in [3.05, 3.63) is 155 Å². The lowest BCUT2D eigenvalue weighted by molar-refractivity contribution is 0.123. The molecule has 0 saturated heterocycles. The summed E-state index contributed by atoms with van der Waals surface area (Å²) in [4.78, 5) is 10.6. The minimum absolute atomic E-state index is 0.0167. The van der Waals surface area contributed by atoms with E-state index in [4.69, 9.17) is 8.94 Å². The molecule has 0 aliphatic heterocycles. The van der Waals surface area contributed by atoms with Crippen LogP contribution in [0.4, 0.5) is 5.69 Å². The Balaban J connectivity index is 1.76. The maximum absolute atomic E-state index is 14.2. The Morgan fingerprint density at radius 1 is 0.729 bits per heavy atom. The molecule has 2 atom stereocenters. The van der Waals surface area contributed by atoms with E-state index in [1.165, 1.54) is 0 Å². The zero-order valence-corrected chi connectivity index (χ0v) is 29.1. The molecule has 9 heteroatoms. The predicted octanol–water partition coefficient (Wildman–Crippen LogP) is 9.77. The molecule has 0 spiro atoms. The smallest absolute Gasteiger partial charge is 0.455 e. The largest absolute Gasteiger partial charge is 0.696 e. The van der Waals surface area contributed by atoms with E-state index in [9.17, 15) is 17.9 Å². The fourth-order valence-corrected chi connectivity index (χ4v) is 7.64. The summed E-state index contributed by atoms with van der Waals surface area (Å²) in [5.74, 6) is 0.0167. The van der Waals surface area contributed by atoms with Gasteiger partial charge in [0, 0.05) is 15.7 Å². The van der Waals surface area contributed by atoms with E-state index in [0.29, 0.717) is 22.1 Å². The van der Waals surface area contributed by atoms with Crippen molar-refractivity contribution in [2.75, 3.05) is 4.72 Å². The van der Waals surface area contributed by atoms with E-state index in [2.05, 4.69) is 25.5 Å². The van der Waals surface area contributed by atoms with Crippen molar-refractivity contribution in [2.24, 2.45) is 0 Å². The van der Waals surface area contributed by atoms with Crippen molar-refractivity contribution in [1.82, 2.24) is 0 Å². The maximum atomic E-state index is 14.2. The monoisotopic (exact) mass is 678 g/mol. The normalized spacial score (nSPS) is 13.7. The molecule has 7 nitrogen and oxygen atoms in total. The molecule has 2 N–H and O–H groups in total. The quantitative estimate of drug-likeness (QED) is 0.148. The third-order valence-corrected chi connectivity index (χ3v) is 10.3. The lowest BCUT2D eigenvalue weighted by Gasteiger charge is -2.29. The van der Waals surface area contributed by atoms with Gasteiger partial charge in [0.15, 0.2) is 5.76 Å². The summed E-state index contributed by atoms with van der Waals surface area (Å²) in [6.07, 6.45) is 0. The average Bonchev–Trinajstić information content (AvgIpc) is 3.41. The van der Waals surface area contributed by atoms with Crippen LogP contribution in [0.3, 0.4) is 0 Å². The van der Waals surface area contributed by atoms with Crippen molar-refractivity contribution in [1.29, 1.82) is 0 Å². The van der Waals surface area contributed by atoms with Gasteiger partial charge in [-0.2, -0.15) is 0 Å². The number of aryl methyl sites for hydroxylation is 2. The van der Waals surface area contributed by atoms with Crippen LogP contribution in [0.15, 0.2) is 131 Å². The molecule has 6 rings (SSSR count). The molecule has 0 saturated carbocycles. The van der Waals surface area contributed by atoms with Gasteiger partial charge in [-0.25, -0.2) is 8.42 Å². The molecule has 48 heavy (non-hydrogen) atoms. The van der Waals surface area contributed by atoms with Crippen LogP contribution in [0.2, 0.25) is 0 Å². The zero-order chi connectivity index (χ0) is 34.3. The Morgan fingerprint density at radius 3 is 1.88 bits per heavy atom. The van der Waals surface area contributed by atoms with Crippen molar-refractivity contribution < 1.29 is 26.8 Å². The lowest BCUT2D eigenvalue weighted by Crippen LogP contribution is -2.32. The number of rotatable bonds is 9. The SMILES string of the molecule is Cc1ccc(S(=O)(=O)Nc2c(C(O[P+](=O)O)(c3ccccc3)c3ccc(C(C)(C)C)cc3)oc3cc(C)cc(-c4ccccc4)c23)cc1. The highest BCUT2D eigenvalue weighted by molar-refractivity contribution is 7.92. The van der Waals surface area contributed by atoms with Crippen LogP contribution >= 0.6 is 8.25 Å². The van der Waals surface area contributed by atoms with E-state index in [0.717, 1.165) is 27.8 Å². The summed E-state index contributed by atoms with van der Waals surface area (Å²) in [6.45, 7) is 10.1. The fourth-order valence-electron chi connectivity index (χ4n) is 6.04. The second kappa shape index (κ2) is 12.8. The molecule has 0 amide bonds. The first kappa shape index (κ1) is 33.3. The van der Waals surface area contributed by atoms with Gasteiger partial charge in [-0.05, 0) is 59.7 Å². The second-order valence-electron chi connectivity index (χ2n) is 13.0. The molecule has 244 valence electrons. The molecule has 1 heterocycles. The first-order valence-corrected chi connectivity index (χ1v) is 18.2. The van der Waals surface area contributed by atoms with Crippen molar-refractivity contribution in [3.63, 3.8) is 0 Å². The third kappa shape index (κ3) is 6.32. The Hall–Kier alpha value is -4.59. The molecule has 0 bridgehead atoms. The maximum Gasteiger partial charge on any atom is 0.696 e. The molecule has 1 aromatic heterocycles. The molecule has 0 radical (unpaired) electrons. The van der Waals surface area contributed by atoms with Crippen LogP contribution in [0, 0.1) is 13.8 Å². The molecular weight excluding hydrogens is 641 g/mol. The van der Waals surface area contributed by atoms with Crippen LogP contribution in [0.25, 0.3) is 22.1 Å². The van der Waals surface area contributed by atoms with Gasteiger partial charge < -0.3 is 4.42 Å². The summed E-state index contributed by atoms with van der Waals surface area (Å²) in [5, 5.41) is 0.487. The van der Waals surface area contributed by atoms with Crippen LogP contribution in [-0.4, -0.2) is 13.3 Å². The molecule has 0 fully saturated rings. The number of sulfonamides is 1. The highest BCUT2D eigenvalue weighted by Gasteiger charge is 2.51. The number of benzene rings is 5. The standard InChI is InChI=1S/C39H36NO6PS/c1-26-16-22-32(23-17-26)48(43,44)40-36-35-33(28-12-8-6-9-13-28)24-27(2)25-34(35)45-37(36)39(46-47(41)42,30-14-10-7-11-15-30)31-20-18-29(19-21-31)38(3,4)5/h6-25,40H,1-5H3/p+1. The van der Waals surface area contributed by atoms with Gasteiger partial charge in [0.05, 0.1) is 10.3 Å². The topological polar surface area (TPSA) is 106 Å². The van der Waals surface area contributed by atoms with Gasteiger partial charge >= 0.3 is 8.25 Å². The minimum atomic E-state index is -4.20. The molecule has 0 aliphatic carbocycles. The van der Waals surface area contributed by atoms with Crippen molar-refractivity contribution >= 4 is 34.9 Å². The Labute approximate surface area is 282 Å². The Bertz CT molecular complexity index is 2210. The van der Waals surface area contributed by atoms with E-state index in [-0.39, 0.29) is 21.8 Å². The van der Waals surface area contributed by atoms with Gasteiger partial charge in [0.1, 0.15) is 11.3 Å². The van der Waals surface area contributed by atoms with Gasteiger partial charge in [-0.3, -0.25) is 4.72 Å². The van der Waals surface area contributed by atoms with Crippen LogP contribution in [-0.2, 0) is 30.1 Å². The van der Waals surface area contributed by atoms with E-state index < -0.39 is 23.9 Å². The summed E-state index contributed by atoms with van der Waals surface area (Å²) in [5.41, 5.74) is 3.79. The summed E-state index contributed by atoms with van der Waals surface area (Å²) < 4.78 is 57.0. The fraction of sp³-hybridized carbons (Fsp3) is 0.179. The molecule has 2 unspecified atom stereocenters. The number of hydrogen-bond donors (Lipinski definition) is 2. The van der Waals surface area contributed by atoms with Crippen molar-refractivity contribution in [3.8, 4) is 11.1 Å². The first-order chi connectivity index (χ1) is 22.8. The lowest BCUT2D eigenvalue weighted by atomic mass is 9.80. The number of anilines is 1. The second-order valence-corrected chi connectivity index (χ2v) is 15.3. The van der Waals surface area contributed by atoms with Crippen LogP contribution in [0.5, 0.6) is 0 Å². The summed E-state index contributed by atoms with van der Waals surface area (Å²) in [6, 6.07) is 36.4. The number of hydrogen-bond acceptors (Lipinski definition) is 5. The number of fused-ring (bicyclic) bond motifs is 1. The van der Waals surface area contributed by atoms with Crippen LogP contribution < -0.4 is 4.72 Å². The minimum Gasteiger partial charge on any atom is -0.455 e. The molecule has 0 aliphatic rings. The van der Waals surface area contributed by atoms with Crippen molar-refractivity contribution in [2.45, 2.75) is 50.5 Å². The highest BCUT2D eigenvalue weighted by Crippen LogP contribution is 2.53. The third-order valence-electron chi connectivity index (χ3n) is 8.46. The molecular formula is C39H37NO6PS+. The average molecular weight is 679 g/mol. The molecule has 5 aromatic carbocycles. The zero-order valence-electron chi connectivity index (χ0n) is 27.4. The highest BCUT2D eigenvalue weighted by atomic mass is 32.2. The first-order valence-electron chi connectivity index (χ1n) is 15.5. The number of furan rings is 1. The Morgan fingerprint density at radius 2 is 1.29 bits per heavy atom. The van der Waals surface area contributed by atoms with Gasteiger partial charge in [0.2, 0.25) is 5.60 Å². The van der Waals surface area contributed by atoms with E-state index in [1.54, 1.807) is 48.5 Å². The van der Waals surface area contributed by atoms with Gasteiger partial charge in [-0.15, -0.1) is 4.89 Å². The Kier molecular flexibility index (Phi) is 8.88. The number of nitrogens with one attached hydrogen (secondary N) is 1. The molecule has 6 aromatic rings. The predicted molar refractivity (Wildman–Crippen MR) is 191 cm³/mol. The van der Waals surface area contributed by atoms with Crippen LogP contribution in [0.1, 0.15) is 54.3 Å².